The second-order valence-electron chi connectivity index (χ2n) is 4.81. The van der Waals surface area contributed by atoms with Crippen molar-refractivity contribution >= 4 is 33.4 Å². The molecular weight excluding hydrogens is 373 g/mol. The summed E-state index contributed by atoms with van der Waals surface area (Å²) >= 11 is 9.11. The maximum atomic E-state index is 12.3. The molecule has 0 spiro atoms. The first-order valence-electron chi connectivity index (χ1n) is 6.30. The fourth-order valence-electron chi connectivity index (χ4n) is 2.17. The molecule has 1 amide bonds. The fourth-order valence-corrected chi connectivity index (χ4v) is 2.67. The Hall–Kier alpha value is -0.790. The molecule has 1 fully saturated rings. The van der Waals surface area contributed by atoms with Crippen LogP contribution in [0.15, 0.2) is 22.7 Å². The molecule has 0 unspecified atom stereocenters. The van der Waals surface area contributed by atoms with E-state index in [9.17, 15) is 18.0 Å². The number of piperazine rings is 1. The molecule has 1 heterocycles. The van der Waals surface area contributed by atoms with Crippen molar-refractivity contribution in [2.45, 2.75) is 6.18 Å². The molecule has 1 saturated heterocycles. The number of alkyl halides is 3. The van der Waals surface area contributed by atoms with Gasteiger partial charge in [0.25, 0.3) is 5.91 Å². The number of halogens is 5. The molecule has 1 aromatic rings. The molecule has 116 valence electrons. The van der Waals surface area contributed by atoms with Crippen LogP contribution in [0.3, 0.4) is 0 Å². The molecule has 1 aliphatic heterocycles. The molecule has 0 bridgehead atoms. The van der Waals surface area contributed by atoms with E-state index in [-0.39, 0.29) is 32.1 Å². The third kappa shape index (κ3) is 4.59. The lowest BCUT2D eigenvalue weighted by Gasteiger charge is -2.35. The predicted molar refractivity (Wildman–Crippen MR) is 77.6 cm³/mol. The van der Waals surface area contributed by atoms with Gasteiger partial charge in [0.2, 0.25) is 0 Å². The zero-order chi connectivity index (χ0) is 15.6. The van der Waals surface area contributed by atoms with Crippen LogP contribution in [-0.2, 0) is 0 Å². The van der Waals surface area contributed by atoms with Crippen molar-refractivity contribution in [3.05, 3.63) is 33.3 Å². The summed E-state index contributed by atoms with van der Waals surface area (Å²) in [6, 6.07) is 4.84. The van der Waals surface area contributed by atoms with Crippen LogP contribution in [0, 0.1) is 0 Å². The van der Waals surface area contributed by atoms with Gasteiger partial charge in [-0.25, -0.2) is 0 Å². The molecule has 2 rings (SSSR count). The van der Waals surface area contributed by atoms with E-state index in [0.29, 0.717) is 15.1 Å². The zero-order valence-corrected chi connectivity index (χ0v) is 13.3. The number of amides is 1. The summed E-state index contributed by atoms with van der Waals surface area (Å²) in [6.07, 6.45) is -4.20. The van der Waals surface area contributed by atoms with Gasteiger partial charge in [0, 0.05) is 36.2 Å². The van der Waals surface area contributed by atoms with Gasteiger partial charge in [0.1, 0.15) is 0 Å². The summed E-state index contributed by atoms with van der Waals surface area (Å²) in [5.74, 6) is -0.195. The number of nitrogens with zero attached hydrogens (tertiary/aromatic N) is 2. The van der Waals surface area contributed by atoms with Crippen LogP contribution < -0.4 is 0 Å². The minimum absolute atomic E-state index is 0.195. The van der Waals surface area contributed by atoms with E-state index in [2.05, 4.69) is 15.9 Å². The molecule has 0 radical (unpaired) electrons. The minimum Gasteiger partial charge on any atom is -0.336 e. The first-order valence-corrected chi connectivity index (χ1v) is 7.47. The summed E-state index contributed by atoms with van der Waals surface area (Å²) < 4.78 is 37.5. The van der Waals surface area contributed by atoms with Crippen molar-refractivity contribution in [3.63, 3.8) is 0 Å². The third-order valence-electron chi connectivity index (χ3n) is 3.23. The van der Waals surface area contributed by atoms with Crippen LogP contribution in [0.1, 0.15) is 10.4 Å². The lowest BCUT2D eigenvalue weighted by molar-refractivity contribution is -0.148. The highest BCUT2D eigenvalue weighted by atomic mass is 79.9. The van der Waals surface area contributed by atoms with Gasteiger partial charge in [-0.15, -0.1) is 0 Å². The molecule has 0 aromatic heterocycles. The quantitative estimate of drug-likeness (QED) is 0.779. The highest BCUT2D eigenvalue weighted by molar-refractivity contribution is 9.10. The average Bonchev–Trinajstić information content (AvgIpc) is 2.40. The Morgan fingerprint density at radius 3 is 2.38 bits per heavy atom. The van der Waals surface area contributed by atoms with Crippen LogP contribution in [0.25, 0.3) is 0 Å². The van der Waals surface area contributed by atoms with E-state index in [1.54, 1.807) is 23.1 Å². The van der Waals surface area contributed by atoms with Crippen molar-refractivity contribution in [2.24, 2.45) is 0 Å². The molecule has 1 aromatic carbocycles. The Kier molecular flexibility index (Phi) is 5.16. The lowest BCUT2D eigenvalue weighted by Crippen LogP contribution is -2.50. The highest BCUT2D eigenvalue weighted by Gasteiger charge is 2.33. The van der Waals surface area contributed by atoms with Crippen LogP contribution >= 0.6 is 27.5 Å². The van der Waals surface area contributed by atoms with Crippen molar-refractivity contribution in [1.29, 1.82) is 0 Å². The SMILES string of the molecule is O=C(c1ccc(Cl)c(Br)c1)N1CCN(CC(F)(F)F)CC1. The van der Waals surface area contributed by atoms with Crippen molar-refractivity contribution in [2.75, 3.05) is 32.7 Å². The summed E-state index contributed by atoms with van der Waals surface area (Å²) in [5, 5.41) is 0.501. The van der Waals surface area contributed by atoms with E-state index in [4.69, 9.17) is 11.6 Å². The van der Waals surface area contributed by atoms with Gasteiger partial charge in [-0.05, 0) is 34.1 Å². The first-order chi connectivity index (χ1) is 9.76. The highest BCUT2D eigenvalue weighted by Crippen LogP contribution is 2.24. The maximum Gasteiger partial charge on any atom is 0.401 e. The Morgan fingerprint density at radius 2 is 1.86 bits per heavy atom. The van der Waals surface area contributed by atoms with Crippen molar-refractivity contribution < 1.29 is 18.0 Å². The van der Waals surface area contributed by atoms with Gasteiger partial charge in [-0.1, -0.05) is 11.6 Å². The summed E-state index contributed by atoms with van der Waals surface area (Å²) in [6.45, 7) is 0.0891. The number of rotatable bonds is 2. The largest absolute Gasteiger partial charge is 0.401 e. The lowest BCUT2D eigenvalue weighted by atomic mass is 10.2. The Labute approximate surface area is 133 Å². The van der Waals surface area contributed by atoms with Crippen LogP contribution in [-0.4, -0.2) is 54.6 Å². The second-order valence-corrected chi connectivity index (χ2v) is 6.07. The number of hydrogen-bond donors (Lipinski definition) is 0. The molecule has 1 aliphatic rings. The van der Waals surface area contributed by atoms with E-state index in [1.807, 2.05) is 0 Å². The topological polar surface area (TPSA) is 23.6 Å². The molecule has 3 nitrogen and oxygen atoms in total. The first kappa shape index (κ1) is 16.6. The Balaban J connectivity index is 1.95. The molecule has 0 N–H and O–H groups in total. The summed E-state index contributed by atoms with van der Waals surface area (Å²) in [4.78, 5) is 15.1. The van der Waals surface area contributed by atoms with Gasteiger partial charge in [0.15, 0.2) is 0 Å². The standard InChI is InChI=1S/C13H13BrClF3N2O/c14-10-7-9(1-2-11(10)15)12(21)20-5-3-19(4-6-20)8-13(16,17)18/h1-2,7H,3-6,8H2. The van der Waals surface area contributed by atoms with Gasteiger partial charge in [-0.3, -0.25) is 9.69 Å². The number of carbonyl (C=O) groups is 1. The van der Waals surface area contributed by atoms with Gasteiger partial charge < -0.3 is 4.90 Å². The predicted octanol–water partition coefficient (Wildman–Crippen LogP) is 3.42. The minimum atomic E-state index is -4.20. The molecule has 0 aliphatic carbocycles. The van der Waals surface area contributed by atoms with Gasteiger partial charge in [0.05, 0.1) is 11.6 Å². The normalized spacial score (nSPS) is 17.1. The Bertz CT molecular complexity index is 531. The third-order valence-corrected chi connectivity index (χ3v) is 4.44. The second kappa shape index (κ2) is 6.54. The molecule has 21 heavy (non-hydrogen) atoms. The fraction of sp³-hybridized carbons (Fsp3) is 0.462. The van der Waals surface area contributed by atoms with Crippen molar-refractivity contribution in [1.82, 2.24) is 9.80 Å². The Morgan fingerprint density at radius 1 is 1.24 bits per heavy atom. The van der Waals surface area contributed by atoms with Gasteiger partial charge >= 0.3 is 6.18 Å². The molecule has 0 saturated carbocycles. The molecular formula is C13H13BrClF3N2O. The van der Waals surface area contributed by atoms with Crippen molar-refractivity contribution in [3.8, 4) is 0 Å². The summed E-state index contributed by atoms with van der Waals surface area (Å²) in [5.41, 5.74) is 0.468. The van der Waals surface area contributed by atoms with Crippen LogP contribution in [0.5, 0.6) is 0 Å². The molecule has 8 heteroatoms. The zero-order valence-electron chi connectivity index (χ0n) is 11.0. The van der Waals surface area contributed by atoms with Gasteiger partial charge in [-0.2, -0.15) is 13.2 Å². The van der Waals surface area contributed by atoms with E-state index in [0.717, 1.165) is 0 Å². The maximum absolute atomic E-state index is 12.3. The number of carbonyl (C=O) groups excluding carboxylic acids is 1. The number of hydrogen-bond acceptors (Lipinski definition) is 2. The monoisotopic (exact) mass is 384 g/mol. The van der Waals surface area contributed by atoms with E-state index >= 15 is 0 Å². The smallest absolute Gasteiger partial charge is 0.336 e. The van der Waals surface area contributed by atoms with E-state index < -0.39 is 12.7 Å². The van der Waals surface area contributed by atoms with E-state index in [1.165, 1.54) is 4.90 Å². The van der Waals surface area contributed by atoms with Crippen LogP contribution in [0.4, 0.5) is 13.2 Å². The number of benzene rings is 1. The average molecular weight is 386 g/mol. The molecule has 0 atom stereocenters. The van der Waals surface area contributed by atoms with Crippen LogP contribution in [0.2, 0.25) is 5.02 Å². The summed E-state index contributed by atoms with van der Waals surface area (Å²) in [7, 11) is 0.